The zero-order valence-electron chi connectivity index (χ0n) is 9.55. The van der Waals surface area contributed by atoms with Gasteiger partial charge >= 0.3 is 0 Å². The van der Waals surface area contributed by atoms with Crippen LogP contribution >= 0.6 is 0 Å². The van der Waals surface area contributed by atoms with Crippen molar-refractivity contribution in [3.8, 4) is 5.75 Å². The summed E-state index contributed by atoms with van der Waals surface area (Å²) in [6.07, 6.45) is 0.766. The Hall–Kier alpha value is -1.23. The summed E-state index contributed by atoms with van der Waals surface area (Å²) in [7, 11) is 0. The molecule has 0 bridgehead atoms. The molecule has 17 heavy (non-hydrogen) atoms. The smallest absolute Gasteiger partial charge is 0.203 e. The van der Waals surface area contributed by atoms with Crippen molar-refractivity contribution >= 4 is 0 Å². The average Bonchev–Trinajstić information content (AvgIpc) is 2.25. The second kappa shape index (κ2) is 4.96. The van der Waals surface area contributed by atoms with Gasteiger partial charge in [0.05, 0.1) is 0 Å². The number of hydrogen-bond acceptors (Lipinski definition) is 2. The maximum absolute atomic E-state index is 13.3. The van der Waals surface area contributed by atoms with Gasteiger partial charge in [0.25, 0.3) is 0 Å². The zero-order chi connectivity index (χ0) is 12.4. The van der Waals surface area contributed by atoms with Crippen LogP contribution in [0.15, 0.2) is 12.1 Å². The summed E-state index contributed by atoms with van der Waals surface area (Å²) in [6.45, 7) is 4.25. The van der Waals surface area contributed by atoms with Crippen LogP contribution in [0, 0.1) is 17.5 Å². The molecule has 0 aromatic heterocycles. The van der Waals surface area contributed by atoms with Gasteiger partial charge in [-0.15, -0.1) is 0 Å². The van der Waals surface area contributed by atoms with Gasteiger partial charge in [-0.1, -0.05) is 6.92 Å². The van der Waals surface area contributed by atoms with Crippen LogP contribution in [0.2, 0.25) is 0 Å². The van der Waals surface area contributed by atoms with Crippen LogP contribution in [-0.2, 0) is 0 Å². The van der Waals surface area contributed by atoms with E-state index in [1.807, 2.05) is 0 Å². The summed E-state index contributed by atoms with van der Waals surface area (Å²) in [4.78, 5) is 2.11. The summed E-state index contributed by atoms with van der Waals surface area (Å²) in [5, 5.41) is 0. The monoisotopic (exact) mass is 245 g/mol. The summed E-state index contributed by atoms with van der Waals surface area (Å²) in [5.74, 6) is -3.81. The molecule has 2 rings (SSSR count). The Morgan fingerprint density at radius 1 is 1.24 bits per heavy atom. The Morgan fingerprint density at radius 2 is 1.88 bits per heavy atom. The predicted molar refractivity (Wildman–Crippen MR) is 57.5 cm³/mol. The van der Waals surface area contributed by atoms with Gasteiger partial charge in [0.15, 0.2) is 17.4 Å². The summed E-state index contributed by atoms with van der Waals surface area (Å²) in [6, 6.07) is 1.62. The zero-order valence-corrected chi connectivity index (χ0v) is 9.55. The number of hydrogen-bond donors (Lipinski definition) is 0. The Balaban J connectivity index is 1.99. The number of halogens is 3. The van der Waals surface area contributed by atoms with Gasteiger partial charge in [-0.25, -0.2) is 8.78 Å². The van der Waals surface area contributed by atoms with Crippen molar-refractivity contribution in [2.45, 2.75) is 19.4 Å². The van der Waals surface area contributed by atoms with Crippen molar-refractivity contribution in [1.29, 1.82) is 0 Å². The lowest BCUT2D eigenvalue weighted by Crippen LogP contribution is -2.53. The molecule has 1 aromatic carbocycles. The first-order chi connectivity index (χ1) is 8.11. The molecule has 1 heterocycles. The van der Waals surface area contributed by atoms with Crippen molar-refractivity contribution in [2.75, 3.05) is 19.6 Å². The van der Waals surface area contributed by atoms with Gasteiger partial charge in [0.1, 0.15) is 6.10 Å². The minimum absolute atomic E-state index is 0.257. The predicted octanol–water partition coefficient (Wildman–Crippen LogP) is 2.58. The van der Waals surface area contributed by atoms with Gasteiger partial charge in [0.2, 0.25) is 5.82 Å². The molecule has 1 aliphatic rings. The van der Waals surface area contributed by atoms with Crippen molar-refractivity contribution in [1.82, 2.24) is 4.90 Å². The molecule has 0 aliphatic carbocycles. The highest BCUT2D eigenvalue weighted by Gasteiger charge is 2.29. The van der Waals surface area contributed by atoms with E-state index in [0.29, 0.717) is 13.1 Å². The fourth-order valence-corrected chi connectivity index (χ4v) is 1.88. The van der Waals surface area contributed by atoms with Crippen LogP contribution in [0.25, 0.3) is 0 Å². The number of benzene rings is 1. The van der Waals surface area contributed by atoms with E-state index in [4.69, 9.17) is 4.74 Å². The maximum Gasteiger partial charge on any atom is 0.203 e. The molecule has 94 valence electrons. The number of rotatable bonds is 4. The number of nitrogens with zero attached hydrogens (tertiary/aromatic N) is 1. The van der Waals surface area contributed by atoms with Crippen LogP contribution in [-0.4, -0.2) is 30.6 Å². The third-order valence-corrected chi connectivity index (χ3v) is 2.75. The Morgan fingerprint density at radius 3 is 2.53 bits per heavy atom. The van der Waals surface area contributed by atoms with Crippen molar-refractivity contribution < 1.29 is 17.9 Å². The first-order valence-corrected chi connectivity index (χ1v) is 5.64. The Labute approximate surface area is 98.0 Å². The van der Waals surface area contributed by atoms with Crippen LogP contribution in [0.1, 0.15) is 13.3 Å². The van der Waals surface area contributed by atoms with Crippen LogP contribution in [0.5, 0.6) is 5.75 Å². The molecule has 0 radical (unpaired) electrons. The van der Waals surface area contributed by atoms with Crippen molar-refractivity contribution in [3.63, 3.8) is 0 Å². The largest absolute Gasteiger partial charge is 0.482 e. The standard InChI is InChI=1S/C12H14F3NO/c1-2-5-16-6-8(7-16)17-12-10(14)4-3-9(13)11(12)15/h3-4,8H,2,5-7H2,1H3. The Kier molecular flexibility index (Phi) is 3.57. The number of ether oxygens (including phenoxy) is 1. The van der Waals surface area contributed by atoms with E-state index in [1.54, 1.807) is 0 Å². The van der Waals surface area contributed by atoms with Crippen molar-refractivity contribution in [2.24, 2.45) is 0 Å². The van der Waals surface area contributed by atoms with Gasteiger partial charge in [-0.05, 0) is 25.1 Å². The van der Waals surface area contributed by atoms with Gasteiger partial charge in [-0.3, -0.25) is 4.90 Å². The van der Waals surface area contributed by atoms with E-state index in [9.17, 15) is 13.2 Å². The molecule has 1 aromatic rings. The molecule has 2 nitrogen and oxygen atoms in total. The molecule has 0 saturated carbocycles. The second-order valence-corrected chi connectivity index (χ2v) is 4.17. The van der Waals surface area contributed by atoms with Crippen LogP contribution in [0.4, 0.5) is 13.2 Å². The molecule has 5 heteroatoms. The molecule has 0 N–H and O–H groups in total. The highest BCUT2D eigenvalue weighted by atomic mass is 19.2. The lowest BCUT2D eigenvalue weighted by atomic mass is 10.1. The molecule has 1 fully saturated rings. The molecular weight excluding hydrogens is 231 g/mol. The van der Waals surface area contributed by atoms with Gasteiger partial charge < -0.3 is 4.74 Å². The lowest BCUT2D eigenvalue weighted by Gasteiger charge is -2.38. The van der Waals surface area contributed by atoms with E-state index in [1.165, 1.54) is 0 Å². The normalized spacial score (nSPS) is 16.9. The minimum Gasteiger partial charge on any atom is -0.482 e. The average molecular weight is 245 g/mol. The highest BCUT2D eigenvalue weighted by Crippen LogP contribution is 2.26. The molecular formula is C12H14F3NO. The minimum atomic E-state index is -1.25. The first-order valence-electron chi connectivity index (χ1n) is 5.64. The van der Waals surface area contributed by atoms with E-state index in [0.717, 1.165) is 25.1 Å². The lowest BCUT2D eigenvalue weighted by molar-refractivity contribution is 0.0150. The van der Waals surface area contributed by atoms with Gasteiger partial charge in [-0.2, -0.15) is 4.39 Å². The highest BCUT2D eigenvalue weighted by molar-refractivity contribution is 5.27. The van der Waals surface area contributed by atoms with Gasteiger partial charge in [0, 0.05) is 13.1 Å². The fourth-order valence-electron chi connectivity index (χ4n) is 1.88. The number of likely N-dealkylation sites (tertiary alicyclic amines) is 1. The van der Waals surface area contributed by atoms with Crippen LogP contribution in [0.3, 0.4) is 0 Å². The molecule has 0 spiro atoms. The van der Waals surface area contributed by atoms with Crippen molar-refractivity contribution in [3.05, 3.63) is 29.6 Å². The fraction of sp³-hybridized carbons (Fsp3) is 0.500. The van der Waals surface area contributed by atoms with E-state index >= 15 is 0 Å². The Bertz CT molecular complexity index is 405. The van der Waals surface area contributed by atoms with E-state index < -0.39 is 23.2 Å². The molecule has 0 atom stereocenters. The molecule has 1 saturated heterocycles. The third-order valence-electron chi connectivity index (χ3n) is 2.75. The molecule has 0 unspecified atom stereocenters. The molecule has 1 aliphatic heterocycles. The van der Waals surface area contributed by atoms with E-state index in [2.05, 4.69) is 11.8 Å². The third kappa shape index (κ3) is 2.54. The van der Waals surface area contributed by atoms with Crippen LogP contribution < -0.4 is 4.74 Å². The topological polar surface area (TPSA) is 12.5 Å². The maximum atomic E-state index is 13.3. The first kappa shape index (κ1) is 12.2. The summed E-state index contributed by atoms with van der Waals surface area (Å²) >= 11 is 0. The summed E-state index contributed by atoms with van der Waals surface area (Å²) in [5.41, 5.74) is 0. The molecule has 0 amide bonds. The SMILES string of the molecule is CCCN1CC(Oc2c(F)ccc(F)c2F)C1. The second-order valence-electron chi connectivity index (χ2n) is 4.17. The quantitative estimate of drug-likeness (QED) is 0.756. The van der Waals surface area contributed by atoms with E-state index in [-0.39, 0.29) is 6.10 Å². The summed E-state index contributed by atoms with van der Waals surface area (Å²) < 4.78 is 44.6.